The summed E-state index contributed by atoms with van der Waals surface area (Å²) in [6, 6.07) is 0.167. The van der Waals surface area contributed by atoms with E-state index >= 15 is 0 Å². The van der Waals surface area contributed by atoms with Gasteiger partial charge in [0, 0.05) is 24.0 Å². The summed E-state index contributed by atoms with van der Waals surface area (Å²) >= 11 is 1.07. The Morgan fingerprint density at radius 3 is 3.00 bits per heavy atom. The lowest BCUT2D eigenvalue weighted by Gasteiger charge is -2.10. The summed E-state index contributed by atoms with van der Waals surface area (Å²) < 4.78 is 3.54. The van der Waals surface area contributed by atoms with Crippen LogP contribution in [-0.4, -0.2) is 33.3 Å². The summed E-state index contributed by atoms with van der Waals surface area (Å²) in [5, 5.41) is 13.2. The van der Waals surface area contributed by atoms with E-state index in [4.69, 9.17) is 0 Å². The summed E-state index contributed by atoms with van der Waals surface area (Å²) in [6.07, 6.45) is 0.424. The number of amides is 1. The molecular formula is C7H13N5OS. The van der Waals surface area contributed by atoms with Gasteiger partial charge in [-0.25, -0.2) is 0 Å². The lowest BCUT2D eigenvalue weighted by Crippen LogP contribution is -2.30. The third kappa shape index (κ3) is 3.75. The fourth-order valence-corrected chi connectivity index (χ4v) is 1.43. The summed E-state index contributed by atoms with van der Waals surface area (Å²) in [5.41, 5.74) is 0. The third-order valence-corrected chi connectivity index (χ3v) is 2.10. The number of nitrogens with zero attached hydrogens (tertiary/aromatic N) is 3. The second kappa shape index (κ2) is 5.61. The molecule has 0 aromatic carbocycles. The molecule has 14 heavy (non-hydrogen) atoms. The van der Waals surface area contributed by atoms with Crippen LogP contribution in [0.15, 0.2) is 0 Å². The molecule has 6 nitrogen and oxygen atoms in total. The van der Waals surface area contributed by atoms with Crippen molar-refractivity contribution < 1.29 is 4.79 Å². The quantitative estimate of drug-likeness (QED) is 0.736. The Morgan fingerprint density at radius 2 is 2.43 bits per heavy atom. The Hall–Kier alpha value is -1.08. The molecule has 1 aromatic rings. The molecule has 78 valence electrons. The fraction of sp³-hybridized carbons (Fsp3) is 0.714. The highest BCUT2D eigenvalue weighted by molar-refractivity contribution is 7.09. The van der Waals surface area contributed by atoms with Crippen molar-refractivity contribution >= 4 is 22.6 Å². The van der Waals surface area contributed by atoms with E-state index in [2.05, 4.69) is 25.4 Å². The molecule has 1 unspecified atom stereocenters. The number of rotatable bonds is 5. The maximum atomic E-state index is 11.4. The van der Waals surface area contributed by atoms with Gasteiger partial charge in [-0.1, -0.05) is 16.5 Å². The highest BCUT2D eigenvalue weighted by Gasteiger charge is 2.09. The van der Waals surface area contributed by atoms with E-state index in [1.807, 2.05) is 13.8 Å². The normalized spacial score (nSPS) is 12.4. The summed E-state index contributed by atoms with van der Waals surface area (Å²) in [5.74, 6) is -0.0722. The van der Waals surface area contributed by atoms with Crippen molar-refractivity contribution in [2.45, 2.75) is 26.3 Å². The van der Waals surface area contributed by atoms with E-state index in [0.29, 0.717) is 11.6 Å². The molecule has 0 radical (unpaired) electrons. The van der Waals surface area contributed by atoms with Crippen molar-refractivity contribution in [3.63, 3.8) is 0 Å². The first-order valence-electron chi connectivity index (χ1n) is 4.40. The van der Waals surface area contributed by atoms with Crippen LogP contribution in [0.4, 0.5) is 5.13 Å². The number of carbonyl (C=O) groups is 1. The molecule has 0 fully saturated rings. The molecular weight excluding hydrogens is 202 g/mol. The number of nitrogens with one attached hydrogen (secondary N) is 2. The van der Waals surface area contributed by atoms with Crippen LogP contribution in [0.25, 0.3) is 0 Å². The second-order valence-corrected chi connectivity index (χ2v) is 3.61. The van der Waals surface area contributed by atoms with E-state index in [-0.39, 0.29) is 11.9 Å². The standard InChI is InChI=1S/C7H13N5OS/c1-3-8-5(2)4-6(13)9-7-10-11-12-14-7/h5,8H,3-4H2,1-2H3,(H,9,10,12,13). The number of hydrogen-bond acceptors (Lipinski definition) is 6. The number of hydrogen-bond donors (Lipinski definition) is 2. The van der Waals surface area contributed by atoms with Gasteiger partial charge in [0.05, 0.1) is 0 Å². The Balaban J connectivity index is 2.29. The van der Waals surface area contributed by atoms with E-state index in [1.54, 1.807) is 0 Å². The van der Waals surface area contributed by atoms with Crippen LogP contribution < -0.4 is 10.6 Å². The Kier molecular flexibility index (Phi) is 4.41. The minimum atomic E-state index is -0.0722. The van der Waals surface area contributed by atoms with Gasteiger partial charge in [-0.2, -0.15) is 0 Å². The zero-order valence-electron chi connectivity index (χ0n) is 8.15. The highest BCUT2D eigenvalue weighted by atomic mass is 32.1. The SMILES string of the molecule is CCNC(C)CC(=O)Nc1nnns1. The van der Waals surface area contributed by atoms with Crippen LogP contribution >= 0.6 is 11.5 Å². The van der Waals surface area contributed by atoms with Gasteiger partial charge in [-0.3, -0.25) is 10.1 Å². The van der Waals surface area contributed by atoms with Gasteiger partial charge in [0.2, 0.25) is 11.0 Å². The third-order valence-electron chi connectivity index (χ3n) is 1.59. The second-order valence-electron chi connectivity index (χ2n) is 2.88. The van der Waals surface area contributed by atoms with E-state index in [1.165, 1.54) is 0 Å². The summed E-state index contributed by atoms with van der Waals surface area (Å²) in [7, 11) is 0. The molecule has 1 rings (SSSR count). The van der Waals surface area contributed by atoms with Crippen molar-refractivity contribution in [3.8, 4) is 0 Å². The Morgan fingerprint density at radius 1 is 1.64 bits per heavy atom. The molecule has 0 spiro atoms. The first-order chi connectivity index (χ1) is 6.72. The number of aromatic nitrogens is 3. The van der Waals surface area contributed by atoms with Crippen LogP contribution in [-0.2, 0) is 4.79 Å². The fourth-order valence-electron chi connectivity index (χ4n) is 1.05. The lowest BCUT2D eigenvalue weighted by molar-refractivity contribution is -0.116. The van der Waals surface area contributed by atoms with Gasteiger partial charge in [0.25, 0.3) is 0 Å². The summed E-state index contributed by atoms with van der Waals surface area (Å²) in [4.78, 5) is 11.4. The Bertz CT molecular complexity index is 276. The predicted molar refractivity (Wildman–Crippen MR) is 54.1 cm³/mol. The van der Waals surface area contributed by atoms with Crippen LogP contribution in [0, 0.1) is 0 Å². The van der Waals surface area contributed by atoms with Crippen LogP contribution in [0.2, 0.25) is 0 Å². The molecule has 0 bridgehead atoms. The monoisotopic (exact) mass is 215 g/mol. The zero-order chi connectivity index (χ0) is 10.4. The molecule has 0 aliphatic heterocycles. The molecule has 0 saturated carbocycles. The van der Waals surface area contributed by atoms with Crippen molar-refractivity contribution in [1.29, 1.82) is 0 Å². The van der Waals surface area contributed by atoms with Gasteiger partial charge in [-0.15, -0.1) is 0 Å². The largest absolute Gasteiger partial charge is 0.314 e. The molecule has 1 heterocycles. The average molecular weight is 215 g/mol. The van der Waals surface area contributed by atoms with Crippen molar-refractivity contribution in [3.05, 3.63) is 0 Å². The highest BCUT2D eigenvalue weighted by Crippen LogP contribution is 2.05. The average Bonchev–Trinajstić information content (AvgIpc) is 2.56. The van der Waals surface area contributed by atoms with Crippen molar-refractivity contribution in [2.75, 3.05) is 11.9 Å². The maximum Gasteiger partial charge on any atom is 0.231 e. The topological polar surface area (TPSA) is 79.8 Å². The molecule has 1 aromatic heterocycles. The van der Waals surface area contributed by atoms with Gasteiger partial charge in [0.15, 0.2) is 0 Å². The predicted octanol–water partition coefficient (Wildman–Crippen LogP) is 0.260. The molecule has 2 N–H and O–H groups in total. The molecule has 1 amide bonds. The minimum Gasteiger partial charge on any atom is -0.314 e. The molecule has 1 atom stereocenters. The van der Waals surface area contributed by atoms with Gasteiger partial charge in [-0.05, 0) is 18.7 Å². The summed E-state index contributed by atoms with van der Waals surface area (Å²) in [6.45, 7) is 4.82. The van der Waals surface area contributed by atoms with Gasteiger partial charge in [0.1, 0.15) is 0 Å². The smallest absolute Gasteiger partial charge is 0.231 e. The van der Waals surface area contributed by atoms with Gasteiger partial charge < -0.3 is 5.32 Å². The molecule has 7 heteroatoms. The first kappa shape index (κ1) is 11.0. The van der Waals surface area contributed by atoms with Crippen molar-refractivity contribution in [2.24, 2.45) is 0 Å². The molecule has 0 saturated heterocycles. The minimum absolute atomic E-state index is 0.0722. The molecule has 0 aliphatic carbocycles. The van der Waals surface area contributed by atoms with E-state index < -0.39 is 0 Å². The van der Waals surface area contributed by atoms with E-state index in [9.17, 15) is 4.79 Å². The number of anilines is 1. The van der Waals surface area contributed by atoms with Crippen LogP contribution in [0.3, 0.4) is 0 Å². The van der Waals surface area contributed by atoms with Crippen molar-refractivity contribution in [1.82, 2.24) is 20.1 Å². The Labute approximate surface area is 86.3 Å². The number of carbonyl (C=O) groups excluding carboxylic acids is 1. The molecule has 0 aliphatic rings. The maximum absolute atomic E-state index is 11.4. The van der Waals surface area contributed by atoms with E-state index in [0.717, 1.165) is 18.1 Å². The van der Waals surface area contributed by atoms with Crippen LogP contribution in [0.1, 0.15) is 20.3 Å². The van der Waals surface area contributed by atoms with Gasteiger partial charge >= 0.3 is 0 Å². The zero-order valence-corrected chi connectivity index (χ0v) is 8.97. The lowest BCUT2D eigenvalue weighted by atomic mass is 10.2. The van der Waals surface area contributed by atoms with Crippen LogP contribution in [0.5, 0.6) is 0 Å². The first-order valence-corrected chi connectivity index (χ1v) is 5.18.